The first-order chi connectivity index (χ1) is 7.02. The van der Waals surface area contributed by atoms with Crippen LogP contribution in [0.15, 0.2) is 42.5 Å². The number of halogens is 1. The number of hydrogen-bond acceptors (Lipinski definition) is 0. The van der Waals surface area contributed by atoms with Crippen LogP contribution in [0.1, 0.15) is 25.8 Å². The topological polar surface area (TPSA) is 0 Å². The van der Waals surface area contributed by atoms with E-state index in [1.54, 1.807) is 0 Å². The van der Waals surface area contributed by atoms with Gasteiger partial charge >= 0.3 is 0 Å². The average molecular weight is 219 g/mol. The summed E-state index contributed by atoms with van der Waals surface area (Å²) in [6.07, 6.45) is 0.630. The molecule has 0 spiro atoms. The molecule has 0 amide bonds. The van der Waals surface area contributed by atoms with Crippen molar-refractivity contribution in [3.8, 4) is 11.8 Å². The second kappa shape index (κ2) is 5.05. The fourth-order valence-electron chi connectivity index (χ4n) is 1.25. The summed E-state index contributed by atoms with van der Waals surface area (Å²) in [6, 6.07) is 10.0. The minimum absolute atomic E-state index is 0.413. The lowest BCUT2D eigenvalue weighted by atomic mass is 9.97. The SMILES string of the molecule is C=C(C)C#CCC(C)(Cl)c1ccccc1. The van der Waals surface area contributed by atoms with E-state index >= 15 is 0 Å². The fourth-order valence-corrected chi connectivity index (χ4v) is 1.44. The molecule has 0 aromatic heterocycles. The van der Waals surface area contributed by atoms with Crippen LogP contribution in [0.5, 0.6) is 0 Å². The summed E-state index contributed by atoms with van der Waals surface area (Å²) >= 11 is 6.41. The Morgan fingerprint density at radius 2 is 2.00 bits per heavy atom. The van der Waals surface area contributed by atoms with Gasteiger partial charge in [-0.25, -0.2) is 0 Å². The first-order valence-electron chi connectivity index (χ1n) is 4.91. The number of rotatable bonds is 2. The van der Waals surface area contributed by atoms with Crippen LogP contribution in [0, 0.1) is 11.8 Å². The van der Waals surface area contributed by atoms with E-state index in [2.05, 4.69) is 18.4 Å². The lowest BCUT2D eigenvalue weighted by Gasteiger charge is -2.19. The van der Waals surface area contributed by atoms with E-state index in [4.69, 9.17) is 11.6 Å². The zero-order chi connectivity index (χ0) is 11.3. The van der Waals surface area contributed by atoms with Crippen molar-refractivity contribution in [2.45, 2.75) is 25.1 Å². The van der Waals surface area contributed by atoms with Gasteiger partial charge in [0, 0.05) is 6.42 Å². The van der Waals surface area contributed by atoms with Gasteiger partial charge in [-0.15, -0.1) is 11.6 Å². The average Bonchev–Trinajstić information content (AvgIpc) is 2.18. The molecule has 1 aromatic rings. The summed E-state index contributed by atoms with van der Waals surface area (Å²) in [4.78, 5) is -0.413. The number of hydrogen-bond donors (Lipinski definition) is 0. The van der Waals surface area contributed by atoms with Gasteiger partial charge in [-0.3, -0.25) is 0 Å². The van der Waals surface area contributed by atoms with E-state index in [0.29, 0.717) is 6.42 Å². The Morgan fingerprint density at radius 3 is 2.53 bits per heavy atom. The molecule has 0 heterocycles. The van der Waals surface area contributed by atoms with Crippen LogP contribution in [0.3, 0.4) is 0 Å². The van der Waals surface area contributed by atoms with Crippen LogP contribution in [0.2, 0.25) is 0 Å². The Hall–Kier alpha value is -1.19. The standard InChI is InChI=1S/C14H15Cl/c1-12(2)8-7-11-14(3,15)13-9-5-4-6-10-13/h4-6,9-10H,1,11H2,2-3H3. The second-order valence-electron chi connectivity index (χ2n) is 3.82. The van der Waals surface area contributed by atoms with Crippen LogP contribution >= 0.6 is 11.6 Å². The van der Waals surface area contributed by atoms with Gasteiger partial charge in [0.1, 0.15) is 0 Å². The van der Waals surface area contributed by atoms with E-state index in [1.807, 2.05) is 44.2 Å². The van der Waals surface area contributed by atoms with Crippen molar-refractivity contribution in [2.24, 2.45) is 0 Å². The molecule has 0 fully saturated rings. The van der Waals surface area contributed by atoms with Crippen LogP contribution in [-0.2, 0) is 4.87 Å². The highest BCUT2D eigenvalue weighted by Gasteiger charge is 2.21. The van der Waals surface area contributed by atoms with Crippen molar-refractivity contribution < 1.29 is 0 Å². The van der Waals surface area contributed by atoms with Gasteiger partial charge in [-0.05, 0) is 25.0 Å². The highest BCUT2D eigenvalue weighted by Crippen LogP contribution is 2.31. The smallest absolute Gasteiger partial charge is 0.0775 e. The highest BCUT2D eigenvalue weighted by molar-refractivity contribution is 6.23. The largest absolute Gasteiger partial charge is 0.113 e. The van der Waals surface area contributed by atoms with Gasteiger partial charge in [0.25, 0.3) is 0 Å². The van der Waals surface area contributed by atoms with Gasteiger partial charge in [-0.2, -0.15) is 0 Å². The van der Waals surface area contributed by atoms with Gasteiger partial charge in [0.15, 0.2) is 0 Å². The molecule has 0 nitrogen and oxygen atoms in total. The van der Waals surface area contributed by atoms with Gasteiger partial charge in [0.05, 0.1) is 4.87 Å². The molecule has 1 heteroatoms. The van der Waals surface area contributed by atoms with Crippen molar-refractivity contribution in [1.82, 2.24) is 0 Å². The molecule has 1 aromatic carbocycles. The third-order valence-electron chi connectivity index (χ3n) is 2.10. The summed E-state index contributed by atoms with van der Waals surface area (Å²) in [6.45, 7) is 7.60. The van der Waals surface area contributed by atoms with Gasteiger partial charge in [0.2, 0.25) is 0 Å². The van der Waals surface area contributed by atoms with Gasteiger partial charge < -0.3 is 0 Å². The zero-order valence-electron chi connectivity index (χ0n) is 9.18. The van der Waals surface area contributed by atoms with Crippen molar-refractivity contribution in [3.63, 3.8) is 0 Å². The predicted molar refractivity (Wildman–Crippen MR) is 66.9 cm³/mol. The predicted octanol–water partition coefficient (Wildman–Crippen LogP) is 4.11. The van der Waals surface area contributed by atoms with E-state index in [1.165, 1.54) is 0 Å². The first kappa shape index (κ1) is 11.9. The summed E-state index contributed by atoms with van der Waals surface area (Å²) in [5.74, 6) is 5.98. The lowest BCUT2D eigenvalue weighted by molar-refractivity contribution is 0.703. The highest BCUT2D eigenvalue weighted by atomic mass is 35.5. The quantitative estimate of drug-likeness (QED) is 0.518. The van der Waals surface area contributed by atoms with E-state index in [0.717, 1.165) is 11.1 Å². The molecule has 1 rings (SSSR count). The molecular formula is C14H15Cl. The lowest BCUT2D eigenvalue weighted by Crippen LogP contribution is -2.12. The molecule has 0 saturated carbocycles. The van der Waals surface area contributed by atoms with Crippen LogP contribution in [-0.4, -0.2) is 0 Å². The van der Waals surface area contributed by atoms with Crippen molar-refractivity contribution >= 4 is 11.6 Å². The number of allylic oxidation sites excluding steroid dienone is 1. The Bertz CT molecular complexity index is 390. The van der Waals surface area contributed by atoms with E-state index < -0.39 is 4.87 Å². The third-order valence-corrected chi connectivity index (χ3v) is 2.45. The van der Waals surface area contributed by atoms with Crippen molar-refractivity contribution in [3.05, 3.63) is 48.0 Å². The van der Waals surface area contributed by atoms with Gasteiger partial charge in [-0.1, -0.05) is 48.8 Å². The minimum Gasteiger partial charge on any atom is -0.113 e. The molecule has 0 aliphatic heterocycles. The Kier molecular flexibility index (Phi) is 4.00. The molecule has 0 bridgehead atoms. The van der Waals surface area contributed by atoms with E-state index in [9.17, 15) is 0 Å². The first-order valence-corrected chi connectivity index (χ1v) is 5.29. The minimum atomic E-state index is -0.413. The second-order valence-corrected chi connectivity index (χ2v) is 4.66. The molecule has 1 atom stereocenters. The summed E-state index contributed by atoms with van der Waals surface area (Å²) in [5, 5.41) is 0. The maximum atomic E-state index is 6.41. The Balaban J connectivity index is 2.77. The zero-order valence-corrected chi connectivity index (χ0v) is 9.93. The molecule has 0 N–H and O–H groups in total. The van der Waals surface area contributed by atoms with Crippen LogP contribution < -0.4 is 0 Å². The van der Waals surface area contributed by atoms with Crippen molar-refractivity contribution in [2.75, 3.05) is 0 Å². The normalized spacial score (nSPS) is 13.5. The molecular weight excluding hydrogens is 204 g/mol. The summed E-state index contributed by atoms with van der Waals surface area (Å²) in [7, 11) is 0. The number of alkyl halides is 1. The monoisotopic (exact) mass is 218 g/mol. The van der Waals surface area contributed by atoms with Crippen LogP contribution in [0.4, 0.5) is 0 Å². The van der Waals surface area contributed by atoms with Crippen LogP contribution in [0.25, 0.3) is 0 Å². The molecule has 0 radical (unpaired) electrons. The fraction of sp³-hybridized carbons (Fsp3) is 0.286. The number of benzene rings is 1. The summed E-state index contributed by atoms with van der Waals surface area (Å²) < 4.78 is 0. The molecule has 1 unspecified atom stereocenters. The molecule has 0 saturated heterocycles. The summed E-state index contributed by atoms with van der Waals surface area (Å²) in [5.41, 5.74) is 1.97. The Morgan fingerprint density at radius 1 is 1.40 bits per heavy atom. The maximum absolute atomic E-state index is 6.41. The maximum Gasteiger partial charge on any atom is 0.0775 e. The molecule has 0 aliphatic rings. The third kappa shape index (κ3) is 3.81. The van der Waals surface area contributed by atoms with Crippen molar-refractivity contribution in [1.29, 1.82) is 0 Å². The molecule has 0 aliphatic carbocycles. The van der Waals surface area contributed by atoms with E-state index in [-0.39, 0.29) is 0 Å². The molecule has 15 heavy (non-hydrogen) atoms. The Labute approximate surface area is 97.0 Å². The molecule has 78 valence electrons.